The molecule has 0 unspecified atom stereocenters. The third-order valence-electron chi connectivity index (χ3n) is 2.27. The van der Waals surface area contributed by atoms with Gasteiger partial charge < -0.3 is 14.6 Å². The fourth-order valence-electron chi connectivity index (χ4n) is 1.58. The van der Waals surface area contributed by atoms with Gasteiger partial charge in [-0.25, -0.2) is 0 Å². The van der Waals surface area contributed by atoms with Gasteiger partial charge in [-0.2, -0.15) is 0 Å². The summed E-state index contributed by atoms with van der Waals surface area (Å²) in [6.07, 6.45) is -0.743. The first-order valence-electron chi connectivity index (χ1n) is 4.83. The minimum atomic E-state index is -0.977. The van der Waals surface area contributed by atoms with Crippen LogP contribution >= 0.6 is 0 Å². The Balaban J connectivity index is 2.02. The molecule has 0 aromatic heterocycles. The van der Waals surface area contributed by atoms with Crippen molar-refractivity contribution in [1.82, 2.24) is 0 Å². The maximum atomic E-state index is 10.2. The summed E-state index contributed by atoms with van der Waals surface area (Å²) >= 11 is 0. The molecule has 86 valence electrons. The lowest BCUT2D eigenvalue weighted by molar-refractivity contribution is -0.490. The predicted molar refractivity (Wildman–Crippen MR) is 54.1 cm³/mol. The number of fused-ring (bicyclic) bond motifs is 1. The Labute approximate surface area is 91.6 Å². The highest BCUT2D eigenvalue weighted by atomic mass is 16.7. The molecule has 16 heavy (non-hydrogen) atoms. The Morgan fingerprint density at radius 2 is 2.19 bits per heavy atom. The number of ether oxygens (including phenoxy) is 2. The van der Waals surface area contributed by atoms with Gasteiger partial charge in [0.25, 0.3) is 0 Å². The van der Waals surface area contributed by atoms with Gasteiger partial charge in [0.05, 0.1) is 0 Å². The molecule has 0 aliphatic carbocycles. The van der Waals surface area contributed by atoms with E-state index in [-0.39, 0.29) is 13.2 Å². The van der Waals surface area contributed by atoms with Crippen LogP contribution in [0.25, 0.3) is 0 Å². The maximum absolute atomic E-state index is 10.2. The smallest absolute Gasteiger partial charge is 0.231 e. The molecule has 0 bridgehead atoms. The fraction of sp³-hybridized carbons (Fsp3) is 0.400. The van der Waals surface area contributed by atoms with E-state index >= 15 is 0 Å². The number of hydrogen-bond acceptors (Lipinski definition) is 5. The van der Waals surface area contributed by atoms with Crippen molar-refractivity contribution in [2.75, 3.05) is 13.3 Å². The van der Waals surface area contributed by atoms with Crippen molar-refractivity contribution in [2.45, 2.75) is 12.5 Å². The summed E-state index contributed by atoms with van der Waals surface area (Å²) < 4.78 is 10.3. The highest BCUT2D eigenvalue weighted by Gasteiger charge is 2.16. The second-order valence-corrected chi connectivity index (χ2v) is 3.56. The number of benzene rings is 1. The number of aliphatic hydroxyl groups is 1. The molecular formula is C10H11NO5. The van der Waals surface area contributed by atoms with Crippen LogP contribution in [0.15, 0.2) is 18.2 Å². The average molecular weight is 225 g/mol. The van der Waals surface area contributed by atoms with E-state index in [9.17, 15) is 15.2 Å². The SMILES string of the molecule is O=[N+]([O-])C[C@H](O)Cc1ccc2c(c1)OCO2. The van der Waals surface area contributed by atoms with Crippen LogP contribution in [0.3, 0.4) is 0 Å². The van der Waals surface area contributed by atoms with E-state index in [4.69, 9.17) is 9.47 Å². The van der Waals surface area contributed by atoms with E-state index in [2.05, 4.69) is 0 Å². The molecule has 1 atom stereocenters. The summed E-state index contributed by atoms with van der Waals surface area (Å²) in [6, 6.07) is 5.22. The number of hydrogen-bond donors (Lipinski definition) is 1. The van der Waals surface area contributed by atoms with Crippen molar-refractivity contribution in [1.29, 1.82) is 0 Å². The summed E-state index contributed by atoms with van der Waals surface area (Å²) in [6.45, 7) is -0.259. The quantitative estimate of drug-likeness (QED) is 0.599. The Morgan fingerprint density at radius 1 is 1.44 bits per heavy atom. The van der Waals surface area contributed by atoms with Crippen LogP contribution in [0, 0.1) is 10.1 Å². The highest BCUT2D eigenvalue weighted by Crippen LogP contribution is 2.32. The minimum Gasteiger partial charge on any atom is -0.454 e. The molecular weight excluding hydrogens is 214 g/mol. The van der Waals surface area contributed by atoms with Crippen molar-refractivity contribution in [3.63, 3.8) is 0 Å². The van der Waals surface area contributed by atoms with Crippen LogP contribution in [-0.2, 0) is 6.42 Å². The summed E-state index contributed by atoms with van der Waals surface area (Å²) in [7, 11) is 0. The van der Waals surface area contributed by atoms with Crippen molar-refractivity contribution in [3.8, 4) is 11.5 Å². The number of aliphatic hydroxyl groups excluding tert-OH is 1. The van der Waals surface area contributed by atoms with Gasteiger partial charge in [-0.1, -0.05) is 6.07 Å². The van der Waals surface area contributed by atoms with Gasteiger partial charge in [-0.15, -0.1) is 0 Å². The molecule has 0 amide bonds. The van der Waals surface area contributed by atoms with Crippen LogP contribution in [0.1, 0.15) is 5.56 Å². The molecule has 2 rings (SSSR count). The number of nitrogens with zero attached hydrogens (tertiary/aromatic N) is 1. The molecule has 1 aliphatic heterocycles. The molecule has 0 fully saturated rings. The standard InChI is InChI=1S/C10H11NO5/c12-8(5-11(13)14)3-7-1-2-9-10(4-7)16-6-15-9/h1-2,4,8,12H,3,5-6H2/t8-/m1/s1. The van der Waals surface area contributed by atoms with E-state index < -0.39 is 17.6 Å². The molecule has 0 radical (unpaired) electrons. The van der Waals surface area contributed by atoms with E-state index in [1.165, 1.54) is 0 Å². The Bertz CT molecular complexity index is 406. The van der Waals surface area contributed by atoms with Gasteiger partial charge in [-0.3, -0.25) is 10.1 Å². The number of rotatable bonds is 4. The molecule has 6 nitrogen and oxygen atoms in total. The Hall–Kier alpha value is -1.82. The molecule has 0 saturated heterocycles. The average Bonchev–Trinajstić information content (AvgIpc) is 2.63. The van der Waals surface area contributed by atoms with Crippen LogP contribution in [0.4, 0.5) is 0 Å². The van der Waals surface area contributed by atoms with Crippen LogP contribution in [-0.4, -0.2) is 29.5 Å². The highest BCUT2D eigenvalue weighted by molar-refractivity contribution is 5.44. The summed E-state index contributed by atoms with van der Waals surface area (Å²) in [5.41, 5.74) is 0.790. The van der Waals surface area contributed by atoms with Crippen molar-refractivity contribution >= 4 is 0 Å². The van der Waals surface area contributed by atoms with Gasteiger partial charge in [-0.05, 0) is 17.7 Å². The van der Waals surface area contributed by atoms with Gasteiger partial charge >= 0.3 is 0 Å². The van der Waals surface area contributed by atoms with E-state index in [1.54, 1.807) is 18.2 Å². The van der Waals surface area contributed by atoms with Gasteiger partial charge in [0.15, 0.2) is 11.5 Å². The lowest BCUT2D eigenvalue weighted by atomic mass is 10.1. The lowest BCUT2D eigenvalue weighted by Crippen LogP contribution is -2.21. The van der Waals surface area contributed by atoms with Crippen LogP contribution in [0.5, 0.6) is 11.5 Å². The third-order valence-corrected chi connectivity index (χ3v) is 2.27. The Morgan fingerprint density at radius 3 is 2.94 bits per heavy atom. The summed E-state index contributed by atoms with van der Waals surface area (Å²) in [5, 5.41) is 19.6. The first-order valence-corrected chi connectivity index (χ1v) is 4.83. The zero-order chi connectivity index (χ0) is 11.5. The fourth-order valence-corrected chi connectivity index (χ4v) is 1.58. The zero-order valence-electron chi connectivity index (χ0n) is 8.46. The van der Waals surface area contributed by atoms with E-state index in [0.29, 0.717) is 11.5 Å². The zero-order valence-corrected chi connectivity index (χ0v) is 8.46. The molecule has 1 aromatic carbocycles. The molecule has 1 aliphatic rings. The Kier molecular flexibility index (Phi) is 2.91. The lowest BCUT2D eigenvalue weighted by Gasteiger charge is -2.06. The van der Waals surface area contributed by atoms with Crippen molar-refractivity contribution in [3.05, 3.63) is 33.9 Å². The summed E-state index contributed by atoms with van der Waals surface area (Å²) in [5.74, 6) is 1.28. The molecule has 0 spiro atoms. The van der Waals surface area contributed by atoms with Crippen molar-refractivity contribution in [2.24, 2.45) is 0 Å². The second kappa shape index (κ2) is 4.36. The second-order valence-electron chi connectivity index (χ2n) is 3.56. The number of nitro groups is 1. The summed E-state index contributed by atoms with van der Waals surface area (Å²) in [4.78, 5) is 9.66. The van der Waals surface area contributed by atoms with Crippen LogP contribution in [0.2, 0.25) is 0 Å². The van der Waals surface area contributed by atoms with Crippen LogP contribution < -0.4 is 9.47 Å². The first kappa shape index (κ1) is 10.7. The van der Waals surface area contributed by atoms with Gasteiger partial charge in [0.2, 0.25) is 13.3 Å². The molecule has 6 heteroatoms. The molecule has 1 aromatic rings. The largest absolute Gasteiger partial charge is 0.454 e. The molecule has 1 heterocycles. The normalized spacial score (nSPS) is 14.8. The van der Waals surface area contributed by atoms with Gasteiger partial charge in [0.1, 0.15) is 6.10 Å². The molecule has 0 saturated carbocycles. The maximum Gasteiger partial charge on any atom is 0.231 e. The van der Waals surface area contributed by atoms with Crippen molar-refractivity contribution < 1.29 is 19.5 Å². The predicted octanol–water partition coefficient (Wildman–Crippen LogP) is 0.595. The van der Waals surface area contributed by atoms with E-state index in [1.807, 2.05) is 0 Å². The van der Waals surface area contributed by atoms with E-state index in [0.717, 1.165) is 5.56 Å². The third kappa shape index (κ3) is 2.40. The minimum absolute atomic E-state index is 0.191. The monoisotopic (exact) mass is 225 g/mol. The van der Waals surface area contributed by atoms with Gasteiger partial charge in [0, 0.05) is 11.3 Å². The first-order chi connectivity index (χ1) is 7.65. The molecule has 1 N–H and O–H groups in total. The topological polar surface area (TPSA) is 81.8 Å².